The molecule has 0 saturated heterocycles. The fourth-order valence-electron chi connectivity index (χ4n) is 0.417. The van der Waals surface area contributed by atoms with Gasteiger partial charge in [-0.3, -0.25) is 0 Å². The molecule has 1 heterocycles. The highest BCUT2D eigenvalue weighted by Gasteiger charge is 2.06. The zero-order valence-electron chi connectivity index (χ0n) is 4.37. The number of hydrogen-bond acceptors (Lipinski definition) is 4. The summed E-state index contributed by atoms with van der Waals surface area (Å²) in [5.74, 6) is -0.130. The fraction of sp³-hybridized carbons (Fsp3) is 0. The van der Waals surface area contributed by atoms with Crippen LogP contribution < -0.4 is 5.73 Å². The third-order valence-electron chi connectivity index (χ3n) is 0.755. The van der Waals surface area contributed by atoms with Gasteiger partial charge in [-0.1, -0.05) is 4.98 Å². The summed E-state index contributed by atoms with van der Waals surface area (Å²) in [6, 6.07) is 0. The summed E-state index contributed by atoms with van der Waals surface area (Å²) in [7, 11) is 0. The molecule has 0 aliphatic rings. The van der Waals surface area contributed by atoms with Crippen LogP contribution in [-0.2, 0) is 0 Å². The van der Waals surface area contributed by atoms with E-state index in [2.05, 4.69) is 9.97 Å². The standard InChI is InChI=1S/C3H4N4O2/c4-2-1-5-3(6-2)7(8)9/h1H,4H2,(H,5,6). The van der Waals surface area contributed by atoms with Gasteiger partial charge in [-0.15, -0.1) is 0 Å². The number of hydrogen-bond donors (Lipinski definition) is 2. The van der Waals surface area contributed by atoms with E-state index in [1.165, 1.54) is 6.20 Å². The van der Waals surface area contributed by atoms with E-state index in [0.29, 0.717) is 0 Å². The second-order valence-electron chi connectivity index (χ2n) is 1.42. The number of nitrogens with two attached hydrogens (primary N) is 1. The molecule has 6 heteroatoms. The first-order valence-electron chi connectivity index (χ1n) is 2.15. The van der Waals surface area contributed by atoms with Crippen LogP contribution in [0.3, 0.4) is 0 Å². The maximum atomic E-state index is 9.87. The predicted molar refractivity (Wildman–Crippen MR) is 29.7 cm³/mol. The van der Waals surface area contributed by atoms with E-state index in [1.807, 2.05) is 0 Å². The largest absolute Gasteiger partial charge is 0.433 e. The highest BCUT2D eigenvalue weighted by molar-refractivity contribution is 5.28. The number of H-pyrrole nitrogens is 1. The van der Waals surface area contributed by atoms with E-state index < -0.39 is 4.92 Å². The maximum Gasteiger partial charge on any atom is 0.433 e. The molecule has 6 nitrogen and oxygen atoms in total. The Balaban J connectivity index is 2.98. The summed E-state index contributed by atoms with van der Waals surface area (Å²) in [6.45, 7) is 0. The number of anilines is 1. The van der Waals surface area contributed by atoms with Crippen LogP contribution in [0.25, 0.3) is 0 Å². The monoisotopic (exact) mass is 128 g/mol. The van der Waals surface area contributed by atoms with Crippen LogP contribution in [0.15, 0.2) is 6.20 Å². The second-order valence-corrected chi connectivity index (χ2v) is 1.42. The van der Waals surface area contributed by atoms with Gasteiger partial charge in [0.2, 0.25) is 0 Å². The minimum Gasteiger partial charge on any atom is -0.390 e. The number of nitrogens with one attached hydrogen (secondary N) is 1. The van der Waals surface area contributed by atoms with Gasteiger partial charge in [0.15, 0.2) is 12.0 Å². The lowest BCUT2D eigenvalue weighted by atomic mass is 10.8. The first-order valence-corrected chi connectivity index (χ1v) is 2.15. The second kappa shape index (κ2) is 1.73. The first kappa shape index (κ1) is 5.54. The highest BCUT2D eigenvalue weighted by Crippen LogP contribution is 2.04. The van der Waals surface area contributed by atoms with Crippen LogP contribution in [0.4, 0.5) is 11.8 Å². The molecule has 3 N–H and O–H groups in total. The summed E-state index contributed by atoms with van der Waals surface area (Å²) >= 11 is 0. The molecule has 0 aliphatic carbocycles. The van der Waals surface area contributed by atoms with Crippen molar-refractivity contribution in [3.05, 3.63) is 16.3 Å². The summed E-state index contributed by atoms with van der Waals surface area (Å²) in [6.07, 6.45) is 1.19. The van der Waals surface area contributed by atoms with Gasteiger partial charge < -0.3 is 15.8 Å². The van der Waals surface area contributed by atoms with Crippen molar-refractivity contribution in [3.63, 3.8) is 0 Å². The molecule has 0 saturated carbocycles. The van der Waals surface area contributed by atoms with Crippen LogP contribution in [0.2, 0.25) is 0 Å². The predicted octanol–water partition coefficient (Wildman–Crippen LogP) is -0.0999. The number of nitrogens with zero attached hydrogens (tertiary/aromatic N) is 2. The van der Waals surface area contributed by atoms with Crippen LogP contribution in [0.5, 0.6) is 0 Å². The van der Waals surface area contributed by atoms with Gasteiger partial charge in [-0.05, 0) is 4.92 Å². The van der Waals surface area contributed by atoms with E-state index >= 15 is 0 Å². The topological polar surface area (TPSA) is 97.8 Å². The zero-order chi connectivity index (χ0) is 6.85. The van der Waals surface area contributed by atoms with Gasteiger partial charge in [-0.2, -0.15) is 0 Å². The van der Waals surface area contributed by atoms with Gasteiger partial charge in [0, 0.05) is 0 Å². The first-order chi connectivity index (χ1) is 4.20. The third-order valence-corrected chi connectivity index (χ3v) is 0.755. The summed E-state index contributed by atoms with van der Waals surface area (Å²) in [5, 5.41) is 9.87. The highest BCUT2D eigenvalue weighted by atomic mass is 16.6. The third kappa shape index (κ3) is 0.958. The van der Waals surface area contributed by atoms with Crippen molar-refractivity contribution in [1.82, 2.24) is 9.97 Å². The van der Waals surface area contributed by atoms with Crippen molar-refractivity contribution in [1.29, 1.82) is 0 Å². The van der Waals surface area contributed by atoms with Gasteiger partial charge in [0.25, 0.3) is 0 Å². The minimum absolute atomic E-state index is 0.196. The quantitative estimate of drug-likeness (QED) is 0.407. The van der Waals surface area contributed by atoms with Crippen molar-refractivity contribution < 1.29 is 4.92 Å². The number of nitrogen functional groups attached to an aromatic ring is 1. The maximum absolute atomic E-state index is 9.87. The molecule has 1 aromatic rings. The van der Waals surface area contributed by atoms with E-state index in [0.717, 1.165) is 0 Å². The number of aromatic amines is 1. The Morgan fingerprint density at radius 1 is 1.89 bits per heavy atom. The lowest BCUT2D eigenvalue weighted by molar-refractivity contribution is -0.393. The molecule has 0 radical (unpaired) electrons. The molecule has 0 atom stereocenters. The molecule has 1 rings (SSSR count). The molecule has 0 unspecified atom stereocenters. The number of rotatable bonds is 1. The Hall–Kier alpha value is -1.59. The molecule has 0 fully saturated rings. The van der Waals surface area contributed by atoms with Gasteiger partial charge >= 0.3 is 5.95 Å². The van der Waals surface area contributed by atoms with Gasteiger partial charge in [0.1, 0.15) is 0 Å². The van der Waals surface area contributed by atoms with E-state index in [4.69, 9.17) is 5.73 Å². The van der Waals surface area contributed by atoms with Crippen molar-refractivity contribution in [2.75, 3.05) is 5.73 Å². The van der Waals surface area contributed by atoms with E-state index in [-0.39, 0.29) is 11.8 Å². The molecule has 0 bridgehead atoms. The van der Waals surface area contributed by atoms with Gasteiger partial charge in [-0.25, -0.2) is 4.98 Å². The van der Waals surface area contributed by atoms with Crippen LogP contribution in [0.1, 0.15) is 0 Å². The average Bonchev–Trinajstić information content (AvgIpc) is 2.14. The molecule has 1 aromatic heterocycles. The van der Waals surface area contributed by atoms with Crippen molar-refractivity contribution >= 4 is 11.8 Å². The SMILES string of the molecule is Nc1cnc([N+](=O)[O-])[nH]1. The Labute approximate surface area is 49.9 Å². The van der Waals surface area contributed by atoms with Crippen molar-refractivity contribution in [2.24, 2.45) is 0 Å². The summed E-state index contributed by atoms with van der Waals surface area (Å²) in [5.41, 5.74) is 5.09. The zero-order valence-corrected chi connectivity index (χ0v) is 4.37. The molecule has 0 aromatic carbocycles. The molecular weight excluding hydrogens is 124 g/mol. The Morgan fingerprint density at radius 2 is 2.56 bits per heavy atom. The van der Waals surface area contributed by atoms with Crippen LogP contribution in [0, 0.1) is 10.1 Å². The van der Waals surface area contributed by atoms with Crippen LogP contribution >= 0.6 is 0 Å². The average molecular weight is 128 g/mol. The van der Waals surface area contributed by atoms with Gasteiger partial charge in [0.05, 0.1) is 0 Å². The normalized spacial score (nSPS) is 9.33. The minimum atomic E-state index is -0.643. The number of nitro groups is 1. The van der Waals surface area contributed by atoms with E-state index in [9.17, 15) is 10.1 Å². The Morgan fingerprint density at radius 3 is 2.78 bits per heavy atom. The molecule has 9 heavy (non-hydrogen) atoms. The molecule has 48 valence electrons. The van der Waals surface area contributed by atoms with Crippen molar-refractivity contribution in [2.45, 2.75) is 0 Å². The smallest absolute Gasteiger partial charge is 0.390 e. The number of imidazole rings is 1. The summed E-state index contributed by atoms with van der Waals surface area (Å²) < 4.78 is 0. The Bertz CT molecular complexity index is 229. The summed E-state index contributed by atoms with van der Waals surface area (Å²) in [4.78, 5) is 14.8. The molecular formula is C3H4N4O2. The molecule has 0 spiro atoms. The van der Waals surface area contributed by atoms with Crippen molar-refractivity contribution in [3.8, 4) is 0 Å². The lowest BCUT2D eigenvalue weighted by Gasteiger charge is -1.84. The van der Waals surface area contributed by atoms with Crippen LogP contribution in [-0.4, -0.2) is 14.9 Å². The van der Waals surface area contributed by atoms with E-state index in [1.54, 1.807) is 0 Å². The fourth-order valence-corrected chi connectivity index (χ4v) is 0.417. The molecule has 0 amide bonds. The lowest BCUT2D eigenvalue weighted by Crippen LogP contribution is -1.90. The number of aromatic nitrogens is 2. The Kier molecular flexibility index (Phi) is 1.07. The molecule has 0 aliphatic heterocycles.